The highest BCUT2D eigenvalue weighted by molar-refractivity contribution is 6.30. The highest BCUT2D eigenvalue weighted by atomic mass is 35.5. The Kier molecular flexibility index (Phi) is 8.78. The van der Waals surface area contributed by atoms with E-state index in [-0.39, 0.29) is 54.8 Å². The van der Waals surface area contributed by atoms with Gasteiger partial charge in [-0.3, -0.25) is 14.6 Å². The van der Waals surface area contributed by atoms with Crippen molar-refractivity contribution in [2.24, 2.45) is 0 Å². The zero-order valence-electron chi connectivity index (χ0n) is 15.4. The highest BCUT2D eigenvalue weighted by Crippen LogP contribution is 2.20. The van der Waals surface area contributed by atoms with Gasteiger partial charge in [-0.2, -0.15) is 0 Å². The lowest BCUT2D eigenvalue weighted by Crippen LogP contribution is -2.37. The Labute approximate surface area is 171 Å². The van der Waals surface area contributed by atoms with Crippen LogP contribution < -0.4 is 15.4 Å². The first-order chi connectivity index (χ1) is 13.9. The number of halogens is 2. The summed E-state index contributed by atoms with van der Waals surface area (Å²) in [6.07, 6.45) is 0.782. The van der Waals surface area contributed by atoms with Gasteiger partial charge in [0.2, 0.25) is 0 Å². The molecule has 1 atom stereocenters. The Morgan fingerprint density at radius 3 is 2.79 bits per heavy atom. The number of aromatic nitrogens is 1. The summed E-state index contributed by atoms with van der Waals surface area (Å²) in [4.78, 5) is 27.7. The number of carbonyl (C=O) groups is 2. The summed E-state index contributed by atoms with van der Waals surface area (Å²) in [5.74, 6) is -1.41. The first kappa shape index (κ1) is 22.5. The molecule has 8 nitrogen and oxygen atoms in total. The van der Waals surface area contributed by atoms with Gasteiger partial charge in [0.25, 0.3) is 11.8 Å². The normalized spacial score (nSPS) is 11.6. The van der Waals surface area contributed by atoms with Crippen LogP contribution in [0.5, 0.6) is 5.75 Å². The molecule has 156 valence electrons. The highest BCUT2D eigenvalue weighted by Gasteiger charge is 2.13. The topological polar surface area (TPSA) is 121 Å². The fraction of sp³-hybridized carbons (Fsp3) is 0.316. The fourth-order valence-corrected chi connectivity index (χ4v) is 2.44. The van der Waals surface area contributed by atoms with Crippen molar-refractivity contribution in [2.45, 2.75) is 19.1 Å². The molecule has 1 heterocycles. The van der Waals surface area contributed by atoms with Crippen LogP contribution in [0, 0.1) is 5.82 Å². The number of nitrogens with zero attached hydrogens (tertiary/aromatic N) is 1. The van der Waals surface area contributed by atoms with Crippen molar-refractivity contribution >= 4 is 23.4 Å². The largest absolute Gasteiger partial charge is 0.484 e. The van der Waals surface area contributed by atoms with Crippen LogP contribution in [0.2, 0.25) is 5.02 Å². The van der Waals surface area contributed by atoms with E-state index < -0.39 is 23.7 Å². The Balaban J connectivity index is 1.66. The van der Waals surface area contributed by atoms with Gasteiger partial charge >= 0.3 is 0 Å². The predicted octanol–water partition coefficient (Wildman–Crippen LogP) is 1.04. The molecule has 0 radical (unpaired) electrons. The number of aliphatic hydroxyl groups excluding tert-OH is 2. The second kappa shape index (κ2) is 11.3. The average Bonchev–Trinajstić information content (AvgIpc) is 2.72. The van der Waals surface area contributed by atoms with Gasteiger partial charge in [0.1, 0.15) is 11.6 Å². The van der Waals surface area contributed by atoms with Gasteiger partial charge in [0.05, 0.1) is 29.0 Å². The van der Waals surface area contributed by atoms with Crippen molar-refractivity contribution in [3.8, 4) is 5.75 Å². The molecule has 1 aromatic carbocycles. The summed E-state index contributed by atoms with van der Waals surface area (Å²) < 4.78 is 18.4. The quantitative estimate of drug-likeness (QED) is 0.451. The van der Waals surface area contributed by atoms with Crippen LogP contribution in [0.4, 0.5) is 4.39 Å². The Morgan fingerprint density at radius 2 is 2.07 bits per heavy atom. The molecule has 2 rings (SSSR count). The molecule has 0 fully saturated rings. The third-order valence-electron chi connectivity index (χ3n) is 3.84. The maximum absolute atomic E-state index is 13.3. The number of hydrogen-bond acceptors (Lipinski definition) is 6. The van der Waals surface area contributed by atoms with Crippen LogP contribution in [0.3, 0.4) is 0 Å². The molecule has 0 bridgehead atoms. The monoisotopic (exact) mass is 425 g/mol. The molecule has 0 saturated carbocycles. The number of benzene rings is 1. The van der Waals surface area contributed by atoms with E-state index in [9.17, 15) is 24.2 Å². The van der Waals surface area contributed by atoms with Crippen molar-refractivity contribution in [3.05, 3.63) is 58.6 Å². The zero-order valence-corrected chi connectivity index (χ0v) is 16.2. The van der Waals surface area contributed by atoms with Crippen molar-refractivity contribution < 1.29 is 28.9 Å². The lowest BCUT2D eigenvalue weighted by atomic mass is 10.2. The van der Waals surface area contributed by atoms with E-state index in [1.807, 2.05) is 0 Å². The van der Waals surface area contributed by atoms with E-state index in [1.165, 1.54) is 24.4 Å². The maximum Gasteiger partial charge on any atom is 0.258 e. The number of ether oxygens (including phenoxy) is 1. The van der Waals surface area contributed by atoms with Gasteiger partial charge in [0.15, 0.2) is 6.61 Å². The van der Waals surface area contributed by atoms with E-state index in [2.05, 4.69) is 15.6 Å². The van der Waals surface area contributed by atoms with Crippen LogP contribution in [0.15, 0.2) is 36.5 Å². The first-order valence-corrected chi connectivity index (χ1v) is 9.14. The van der Waals surface area contributed by atoms with Crippen LogP contribution in [-0.2, 0) is 11.4 Å². The van der Waals surface area contributed by atoms with Gasteiger partial charge in [-0.15, -0.1) is 0 Å². The third-order valence-corrected chi connectivity index (χ3v) is 4.15. The number of aliphatic hydroxyl groups is 2. The Bertz CT molecular complexity index is 852. The van der Waals surface area contributed by atoms with E-state index >= 15 is 0 Å². The minimum absolute atomic E-state index is 0.0399. The summed E-state index contributed by atoms with van der Waals surface area (Å²) in [5.41, 5.74) is 0.520. The number of pyridine rings is 1. The molecule has 0 aliphatic rings. The van der Waals surface area contributed by atoms with Gasteiger partial charge in [-0.05, 0) is 30.7 Å². The van der Waals surface area contributed by atoms with Crippen molar-refractivity contribution in [1.82, 2.24) is 15.6 Å². The molecule has 2 amide bonds. The fourth-order valence-electron chi connectivity index (χ4n) is 2.32. The molecule has 0 unspecified atom stereocenters. The van der Waals surface area contributed by atoms with Gasteiger partial charge in [-0.25, -0.2) is 4.39 Å². The van der Waals surface area contributed by atoms with Crippen molar-refractivity contribution in [2.75, 3.05) is 19.7 Å². The lowest BCUT2D eigenvalue weighted by Gasteiger charge is -2.13. The van der Waals surface area contributed by atoms with Crippen molar-refractivity contribution in [3.63, 3.8) is 0 Å². The molecule has 2 aromatic rings. The van der Waals surface area contributed by atoms with Gasteiger partial charge in [0, 0.05) is 25.4 Å². The molecule has 0 saturated heterocycles. The first-order valence-electron chi connectivity index (χ1n) is 8.76. The third kappa shape index (κ3) is 7.30. The summed E-state index contributed by atoms with van der Waals surface area (Å²) in [6.45, 7) is -0.587. The summed E-state index contributed by atoms with van der Waals surface area (Å²) in [6, 6.07) is 6.94. The Morgan fingerprint density at radius 1 is 1.28 bits per heavy atom. The lowest BCUT2D eigenvalue weighted by molar-refractivity contribution is -0.123. The van der Waals surface area contributed by atoms with E-state index in [0.29, 0.717) is 0 Å². The minimum atomic E-state index is -0.890. The predicted molar refractivity (Wildman–Crippen MR) is 103 cm³/mol. The van der Waals surface area contributed by atoms with Crippen LogP contribution in [-0.4, -0.2) is 52.8 Å². The molecule has 0 aliphatic carbocycles. The average molecular weight is 426 g/mol. The zero-order chi connectivity index (χ0) is 21.2. The molecule has 1 aromatic heterocycles. The smallest absolute Gasteiger partial charge is 0.258 e. The number of nitrogens with one attached hydrogen (secondary N) is 2. The van der Waals surface area contributed by atoms with Crippen LogP contribution in [0.25, 0.3) is 0 Å². The molecular formula is C19H21ClFN3O5. The maximum atomic E-state index is 13.3. The minimum Gasteiger partial charge on any atom is -0.484 e. The standard InChI is InChI=1S/C19H21ClFN3O5/c20-15-4-3-13(8-16(15)21)29-11-18(27)24-9-12(26)5-7-23-19(28)14-2-1-6-22-17(14)10-25/h1-4,6,8,12,25-26H,5,7,9-11H2,(H,23,28)(H,24,27)/t12-/m0/s1. The van der Waals surface area contributed by atoms with E-state index in [4.69, 9.17) is 16.3 Å². The number of hydrogen-bond donors (Lipinski definition) is 4. The molecule has 0 spiro atoms. The van der Waals surface area contributed by atoms with Gasteiger partial charge < -0.3 is 25.6 Å². The summed E-state index contributed by atoms with van der Waals surface area (Å²) >= 11 is 5.56. The summed E-state index contributed by atoms with van der Waals surface area (Å²) in [7, 11) is 0. The second-order valence-electron chi connectivity index (χ2n) is 6.02. The molecule has 10 heteroatoms. The Hall–Kier alpha value is -2.75. The molecule has 4 N–H and O–H groups in total. The summed E-state index contributed by atoms with van der Waals surface area (Å²) in [5, 5.41) is 24.1. The van der Waals surface area contributed by atoms with Crippen molar-refractivity contribution in [1.29, 1.82) is 0 Å². The molecule has 0 aliphatic heterocycles. The number of amides is 2. The second-order valence-corrected chi connectivity index (χ2v) is 6.43. The molecular weight excluding hydrogens is 405 g/mol. The van der Waals surface area contributed by atoms with Crippen LogP contribution >= 0.6 is 11.6 Å². The van der Waals surface area contributed by atoms with E-state index in [1.54, 1.807) is 6.07 Å². The van der Waals surface area contributed by atoms with E-state index in [0.717, 1.165) is 6.07 Å². The van der Waals surface area contributed by atoms with Crippen LogP contribution in [0.1, 0.15) is 22.5 Å². The number of rotatable bonds is 10. The van der Waals surface area contributed by atoms with Gasteiger partial charge in [-0.1, -0.05) is 11.6 Å². The molecule has 29 heavy (non-hydrogen) atoms. The SMILES string of the molecule is O=C(COc1ccc(Cl)c(F)c1)NC[C@@H](O)CCNC(=O)c1cccnc1CO. The number of carbonyl (C=O) groups excluding carboxylic acids is 2.